The van der Waals surface area contributed by atoms with E-state index in [9.17, 15) is 18.3 Å². The Bertz CT molecular complexity index is 562. The van der Waals surface area contributed by atoms with E-state index in [2.05, 4.69) is 4.72 Å². The molecule has 1 aliphatic carbocycles. The Morgan fingerprint density at radius 1 is 1.33 bits per heavy atom. The largest absolute Gasteiger partial charge is 0.481 e. The number of hydrogen-bond donors (Lipinski definition) is 2. The maximum atomic E-state index is 12.9. The molecule has 0 aromatic heterocycles. The monoisotopic (exact) mass is 314 g/mol. The zero-order chi connectivity index (χ0) is 15.7. The first kappa shape index (κ1) is 16.2. The summed E-state index contributed by atoms with van der Waals surface area (Å²) in [5, 5.41) is 9.53. The minimum Gasteiger partial charge on any atom is -0.481 e. The van der Waals surface area contributed by atoms with E-state index in [1.54, 1.807) is 30.9 Å². The third-order valence-electron chi connectivity index (χ3n) is 3.88. The number of rotatable bonds is 5. The van der Waals surface area contributed by atoms with Gasteiger partial charge in [0.05, 0.1) is 0 Å². The van der Waals surface area contributed by atoms with Crippen LogP contribution in [-0.2, 0) is 14.8 Å². The van der Waals surface area contributed by atoms with Gasteiger partial charge in [0.25, 0.3) is 0 Å². The Labute approximate surface area is 125 Å². The number of carboxylic acids is 1. The van der Waals surface area contributed by atoms with Gasteiger partial charge in [0.15, 0.2) is 4.87 Å². The zero-order valence-corrected chi connectivity index (χ0v) is 13.1. The highest BCUT2D eigenvalue weighted by atomic mass is 32.2. The number of nitrogens with one attached hydrogen (secondary N) is 1. The minimum atomic E-state index is -3.86. The smallest absolute Gasteiger partial charge is 0.313 e. The normalized spacial score (nSPS) is 30.1. The van der Waals surface area contributed by atoms with Crippen LogP contribution in [0.5, 0.6) is 0 Å². The van der Waals surface area contributed by atoms with Gasteiger partial charge in [-0.3, -0.25) is 9.69 Å². The molecule has 0 aromatic rings. The van der Waals surface area contributed by atoms with Gasteiger partial charge in [-0.15, -0.1) is 0 Å². The molecule has 2 N–H and O–H groups in total. The molecule has 118 valence electrons. The van der Waals surface area contributed by atoms with Crippen molar-refractivity contribution in [2.24, 2.45) is 5.92 Å². The van der Waals surface area contributed by atoms with Crippen molar-refractivity contribution in [1.82, 2.24) is 9.62 Å². The molecule has 21 heavy (non-hydrogen) atoms. The van der Waals surface area contributed by atoms with E-state index >= 15 is 0 Å². The van der Waals surface area contributed by atoms with E-state index < -0.39 is 26.8 Å². The van der Waals surface area contributed by atoms with E-state index in [1.165, 1.54) is 12.2 Å². The van der Waals surface area contributed by atoms with Crippen molar-refractivity contribution in [3.63, 3.8) is 0 Å². The topological polar surface area (TPSA) is 86.7 Å². The Balaban J connectivity index is 2.56. The molecule has 0 aromatic carbocycles. The molecule has 1 fully saturated rings. The van der Waals surface area contributed by atoms with E-state index in [1.807, 2.05) is 0 Å². The molecule has 7 heteroatoms. The average molecular weight is 314 g/mol. The third kappa shape index (κ3) is 2.77. The van der Waals surface area contributed by atoms with Crippen LogP contribution < -0.4 is 4.72 Å². The van der Waals surface area contributed by atoms with E-state index in [-0.39, 0.29) is 6.04 Å². The van der Waals surface area contributed by atoms with Crippen LogP contribution in [0, 0.1) is 5.92 Å². The van der Waals surface area contributed by atoms with Crippen LogP contribution in [0.4, 0.5) is 0 Å². The molecule has 0 radical (unpaired) electrons. The SMILES string of the molecule is CC(C)NS(=O)(=O)C1(N2CCCC2)C=CC=CC1C(=O)O. The van der Waals surface area contributed by atoms with Gasteiger partial charge < -0.3 is 5.11 Å². The summed E-state index contributed by atoms with van der Waals surface area (Å²) in [6.45, 7) is 4.63. The van der Waals surface area contributed by atoms with Gasteiger partial charge in [-0.05, 0) is 32.8 Å². The quantitative estimate of drug-likeness (QED) is 0.788. The fraction of sp³-hybridized carbons (Fsp3) is 0.643. The summed E-state index contributed by atoms with van der Waals surface area (Å²) in [6, 6.07) is -0.289. The summed E-state index contributed by atoms with van der Waals surface area (Å²) in [5.74, 6) is -2.24. The standard InChI is InChI=1S/C14H22N2O4S/c1-11(2)15-21(19,20)14(16-9-5-6-10-16)8-4-3-7-12(14)13(17)18/h3-4,7-8,11-12,15H,5-6,9-10H2,1-2H3,(H,17,18). The van der Waals surface area contributed by atoms with Gasteiger partial charge in [-0.1, -0.05) is 18.2 Å². The summed E-state index contributed by atoms with van der Waals surface area (Å²) in [6.07, 6.45) is 7.95. The highest BCUT2D eigenvalue weighted by molar-refractivity contribution is 7.91. The maximum absolute atomic E-state index is 12.9. The molecule has 2 rings (SSSR count). The van der Waals surface area contributed by atoms with E-state index in [4.69, 9.17) is 0 Å². The minimum absolute atomic E-state index is 0.289. The third-order valence-corrected chi connectivity index (χ3v) is 6.17. The lowest BCUT2D eigenvalue weighted by Gasteiger charge is -2.43. The maximum Gasteiger partial charge on any atom is 0.313 e. The summed E-state index contributed by atoms with van der Waals surface area (Å²) >= 11 is 0. The van der Waals surface area contributed by atoms with Crippen LogP contribution in [0.25, 0.3) is 0 Å². The molecule has 1 saturated heterocycles. The average Bonchev–Trinajstić information content (AvgIpc) is 2.90. The Morgan fingerprint density at radius 2 is 1.95 bits per heavy atom. The molecule has 6 nitrogen and oxygen atoms in total. The molecule has 0 spiro atoms. The van der Waals surface area contributed by atoms with Crippen molar-refractivity contribution in [2.75, 3.05) is 13.1 Å². The molecule has 0 saturated carbocycles. The van der Waals surface area contributed by atoms with Crippen LogP contribution in [0.1, 0.15) is 26.7 Å². The van der Waals surface area contributed by atoms with Gasteiger partial charge in [0, 0.05) is 19.1 Å². The Kier molecular flexibility index (Phi) is 4.55. The highest BCUT2D eigenvalue weighted by Gasteiger charge is 2.56. The Morgan fingerprint density at radius 3 is 2.48 bits per heavy atom. The van der Waals surface area contributed by atoms with Crippen molar-refractivity contribution in [1.29, 1.82) is 0 Å². The van der Waals surface area contributed by atoms with Crippen molar-refractivity contribution < 1.29 is 18.3 Å². The second-order valence-electron chi connectivity index (χ2n) is 5.78. The number of carboxylic acid groups (broad SMARTS) is 1. The van der Waals surface area contributed by atoms with Crippen molar-refractivity contribution in [2.45, 2.75) is 37.6 Å². The molecule has 2 unspecified atom stereocenters. The molecular formula is C14H22N2O4S. The fourth-order valence-corrected chi connectivity index (χ4v) is 5.17. The predicted molar refractivity (Wildman–Crippen MR) is 80.1 cm³/mol. The molecular weight excluding hydrogens is 292 g/mol. The van der Waals surface area contributed by atoms with Crippen molar-refractivity contribution in [3.8, 4) is 0 Å². The van der Waals surface area contributed by atoms with Gasteiger partial charge in [0.1, 0.15) is 5.92 Å². The van der Waals surface area contributed by atoms with Gasteiger partial charge in [-0.2, -0.15) is 0 Å². The van der Waals surface area contributed by atoms with E-state index in [0.29, 0.717) is 13.1 Å². The first-order chi connectivity index (χ1) is 9.81. The van der Waals surface area contributed by atoms with Gasteiger partial charge >= 0.3 is 5.97 Å². The number of nitrogens with zero attached hydrogens (tertiary/aromatic N) is 1. The van der Waals surface area contributed by atoms with Crippen LogP contribution in [0.2, 0.25) is 0 Å². The fourth-order valence-electron chi connectivity index (χ4n) is 3.07. The van der Waals surface area contributed by atoms with E-state index in [0.717, 1.165) is 12.8 Å². The second-order valence-corrected chi connectivity index (χ2v) is 7.68. The Hall–Kier alpha value is -1.18. The summed E-state index contributed by atoms with van der Waals surface area (Å²) in [4.78, 5) is 11.9. The van der Waals surface area contributed by atoms with Crippen LogP contribution in [-0.4, -0.2) is 48.4 Å². The molecule has 1 heterocycles. The van der Waals surface area contributed by atoms with Gasteiger partial charge in [-0.25, -0.2) is 13.1 Å². The van der Waals surface area contributed by atoms with Gasteiger partial charge in [0.2, 0.25) is 10.0 Å². The number of sulfonamides is 1. The molecule has 2 aliphatic rings. The lowest BCUT2D eigenvalue weighted by molar-refractivity contribution is -0.142. The zero-order valence-electron chi connectivity index (χ0n) is 12.3. The first-order valence-electron chi connectivity index (χ1n) is 7.17. The van der Waals surface area contributed by atoms with Crippen LogP contribution >= 0.6 is 0 Å². The number of likely N-dealkylation sites (tertiary alicyclic amines) is 1. The van der Waals surface area contributed by atoms with Crippen LogP contribution in [0.3, 0.4) is 0 Å². The molecule has 1 aliphatic heterocycles. The summed E-state index contributed by atoms with van der Waals surface area (Å²) in [5.41, 5.74) is 0. The predicted octanol–water partition coefficient (Wildman–Crippen LogP) is 0.933. The lowest BCUT2D eigenvalue weighted by Crippen LogP contribution is -2.63. The molecule has 0 amide bonds. The summed E-state index contributed by atoms with van der Waals surface area (Å²) < 4.78 is 28.4. The first-order valence-corrected chi connectivity index (χ1v) is 8.65. The number of hydrogen-bond acceptors (Lipinski definition) is 4. The lowest BCUT2D eigenvalue weighted by atomic mass is 9.93. The molecule has 0 bridgehead atoms. The summed E-state index contributed by atoms with van der Waals surface area (Å²) in [7, 11) is -3.86. The molecule has 2 atom stereocenters. The number of aliphatic carboxylic acids is 1. The highest BCUT2D eigenvalue weighted by Crippen LogP contribution is 2.38. The number of allylic oxidation sites excluding steroid dienone is 2. The second kappa shape index (κ2) is 5.90. The van der Waals surface area contributed by atoms with Crippen molar-refractivity contribution in [3.05, 3.63) is 24.3 Å². The van der Waals surface area contributed by atoms with Crippen LogP contribution in [0.15, 0.2) is 24.3 Å². The van der Waals surface area contributed by atoms with Crippen molar-refractivity contribution >= 4 is 16.0 Å². The number of carbonyl (C=O) groups is 1.